The second-order valence-corrected chi connectivity index (χ2v) is 5.67. The van der Waals surface area contributed by atoms with E-state index in [0.29, 0.717) is 13.1 Å². The van der Waals surface area contributed by atoms with Gasteiger partial charge in [0.1, 0.15) is 0 Å². The number of rotatable bonds is 2. The average molecular weight is 280 g/mol. The van der Waals surface area contributed by atoms with E-state index >= 15 is 0 Å². The molecular formula is C18H20N2O. The Kier molecular flexibility index (Phi) is 3.76. The van der Waals surface area contributed by atoms with Gasteiger partial charge in [-0.05, 0) is 23.6 Å². The molecule has 0 aromatic heterocycles. The number of carbonyl (C=O) groups excluding carboxylic acids is 1. The maximum Gasteiger partial charge on any atom is 0.239 e. The van der Waals surface area contributed by atoms with Crippen molar-refractivity contribution in [2.24, 2.45) is 5.73 Å². The Morgan fingerprint density at radius 3 is 2.52 bits per heavy atom. The van der Waals surface area contributed by atoms with Crippen LogP contribution in [-0.2, 0) is 11.3 Å². The Labute approximate surface area is 125 Å². The Balaban J connectivity index is 2.00. The van der Waals surface area contributed by atoms with Crippen LogP contribution >= 0.6 is 0 Å². The van der Waals surface area contributed by atoms with E-state index in [0.717, 1.165) is 0 Å². The summed E-state index contributed by atoms with van der Waals surface area (Å²) in [6, 6.07) is 18.3. The standard InChI is InChI=1S/C18H20N2O/c1-13(19)18(21)20-11-15-9-5-6-10-16(15)17(12-20)14-7-3-2-4-8-14/h2-10,13,17H,11-12,19H2,1H3. The Hall–Kier alpha value is -2.13. The first-order chi connectivity index (χ1) is 10.2. The van der Waals surface area contributed by atoms with E-state index in [2.05, 4.69) is 30.3 Å². The number of fused-ring (bicyclic) bond motifs is 1. The zero-order valence-electron chi connectivity index (χ0n) is 12.2. The van der Waals surface area contributed by atoms with Crippen LogP contribution < -0.4 is 5.73 Å². The third-order valence-electron chi connectivity index (χ3n) is 4.10. The van der Waals surface area contributed by atoms with E-state index < -0.39 is 6.04 Å². The van der Waals surface area contributed by atoms with Crippen LogP contribution in [0, 0.1) is 0 Å². The van der Waals surface area contributed by atoms with E-state index in [1.165, 1.54) is 16.7 Å². The van der Waals surface area contributed by atoms with Gasteiger partial charge in [0, 0.05) is 19.0 Å². The Morgan fingerprint density at radius 1 is 1.14 bits per heavy atom. The number of hydrogen-bond acceptors (Lipinski definition) is 2. The van der Waals surface area contributed by atoms with Crippen LogP contribution in [0.2, 0.25) is 0 Å². The molecule has 0 aliphatic carbocycles. The zero-order valence-corrected chi connectivity index (χ0v) is 12.2. The molecule has 0 fully saturated rings. The second kappa shape index (κ2) is 5.70. The molecular weight excluding hydrogens is 260 g/mol. The van der Waals surface area contributed by atoms with E-state index in [1.807, 2.05) is 29.2 Å². The number of hydrogen-bond donors (Lipinski definition) is 1. The molecule has 2 N–H and O–H groups in total. The summed E-state index contributed by atoms with van der Waals surface area (Å²) in [5, 5.41) is 0. The molecule has 1 amide bonds. The highest BCUT2D eigenvalue weighted by atomic mass is 16.2. The summed E-state index contributed by atoms with van der Waals surface area (Å²) in [6.45, 7) is 3.10. The minimum absolute atomic E-state index is 0.0189. The first-order valence-electron chi connectivity index (χ1n) is 7.34. The number of nitrogens with zero attached hydrogens (tertiary/aromatic N) is 1. The van der Waals surface area contributed by atoms with Crippen molar-refractivity contribution in [2.75, 3.05) is 6.54 Å². The normalized spacial score (nSPS) is 19.0. The Bertz CT molecular complexity index is 637. The van der Waals surface area contributed by atoms with Gasteiger partial charge in [0.25, 0.3) is 0 Å². The molecule has 2 atom stereocenters. The van der Waals surface area contributed by atoms with Crippen molar-refractivity contribution in [2.45, 2.75) is 25.4 Å². The second-order valence-electron chi connectivity index (χ2n) is 5.67. The molecule has 3 nitrogen and oxygen atoms in total. The molecule has 3 heteroatoms. The van der Waals surface area contributed by atoms with E-state index in [9.17, 15) is 4.79 Å². The van der Waals surface area contributed by atoms with Crippen molar-refractivity contribution in [1.82, 2.24) is 4.90 Å². The first-order valence-corrected chi connectivity index (χ1v) is 7.34. The summed E-state index contributed by atoms with van der Waals surface area (Å²) in [5.41, 5.74) is 9.55. The van der Waals surface area contributed by atoms with Gasteiger partial charge in [0.05, 0.1) is 6.04 Å². The lowest BCUT2D eigenvalue weighted by Crippen LogP contribution is -2.45. The lowest BCUT2D eigenvalue weighted by atomic mass is 9.84. The molecule has 2 unspecified atom stereocenters. The molecule has 0 radical (unpaired) electrons. The maximum atomic E-state index is 12.3. The Morgan fingerprint density at radius 2 is 1.81 bits per heavy atom. The van der Waals surface area contributed by atoms with Crippen molar-refractivity contribution in [1.29, 1.82) is 0 Å². The molecule has 108 valence electrons. The molecule has 0 saturated heterocycles. The fourth-order valence-electron chi connectivity index (χ4n) is 3.03. The van der Waals surface area contributed by atoms with Crippen LogP contribution in [0.25, 0.3) is 0 Å². The largest absolute Gasteiger partial charge is 0.336 e. The topological polar surface area (TPSA) is 46.3 Å². The van der Waals surface area contributed by atoms with Gasteiger partial charge >= 0.3 is 0 Å². The van der Waals surface area contributed by atoms with Crippen LogP contribution in [0.5, 0.6) is 0 Å². The quantitative estimate of drug-likeness (QED) is 0.918. The van der Waals surface area contributed by atoms with Crippen LogP contribution in [0.15, 0.2) is 54.6 Å². The molecule has 0 spiro atoms. The van der Waals surface area contributed by atoms with E-state index in [-0.39, 0.29) is 11.8 Å². The van der Waals surface area contributed by atoms with Gasteiger partial charge in [-0.3, -0.25) is 4.79 Å². The maximum absolute atomic E-state index is 12.3. The minimum atomic E-state index is -0.452. The number of amides is 1. The fraction of sp³-hybridized carbons (Fsp3) is 0.278. The minimum Gasteiger partial charge on any atom is -0.336 e. The number of carbonyl (C=O) groups is 1. The van der Waals surface area contributed by atoms with Crippen LogP contribution in [0.1, 0.15) is 29.5 Å². The molecule has 2 aromatic carbocycles. The van der Waals surface area contributed by atoms with Gasteiger partial charge in [-0.2, -0.15) is 0 Å². The summed E-state index contributed by atoms with van der Waals surface area (Å²) < 4.78 is 0. The van der Waals surface area contributed by atoms with Crippen LogP contribution in [-0.4, -0.2) is 23.4 Å². The molecule has 0 saturated carbocycles. The van der Waals surface area contributed by atoms with Crippen molar-refractivity contribution in [3.8, 4) is 0 Å². The van der Waals surface area contributed by atoms with E-state index in [4.69, 9.17) is 5.73 Å². The zero-order chi connectivity index (χ0) is 14.8. The summed E-state index contributed by atoms with van der Waals surface area (Å²) in [6.07, 6.45) is 0. The lowest BCUT2D eigenvalue weighted by molar-refractivity contribution is -0.133. The number of benzene rings is 2. The van der Waals surface area contributed by atoms with Crippen LogP contribution in [0.4, 0.5) is 0 Å². The number of nitrogens with two attached hydrogens (primary N) is 1. The van der Waals surface area contributed by atoms with Crippen LogP contribution in [0.3, 0.4) is 0 Å². The van der Waals surface area contributed by atoms with Crippen molar-refractivity contribution < 1.29 is 4.79 Å². The first kappa shape index (κ1) is 13.8. The molecule has 1 aliphatic rings. The molecule has 1 aliphatic heterocycles. The molecule has 3 rings (SSSR count). The van der Waals surface area contributed by atoms with Gasteiger partial charge in [-0.1, -0.05) is 54.6 Å². The smallest absolute Gasteiger partial charge is 0.239 e. The average Bonchev–Trinajstić information content (AvgIpc) is 2.53. The third kappa shape index (κ3) is 2.69. The van der Waals surface area contributed by atoms with Crippen molar-refractivity contribution >= 4 is 5.91 Å². The highest BCUT2D eigenvalue weighted by Gasteiger charge is 2.29. The highest BCUT2D eigenvalue weighted by molar-refractivity contribution is 5.81. The molecule has 21 heavy (non-hydrogen) atoms. The van der Waals surface area contributed by atoms with Crippen molar-refractivity contribution in [3.63, 3.8) is 0 Å². The fourth-order valence-corrected chi connectivity index (χ4v) is 3.03. The summed E-state index contributed by atoms with van der Waals surface area (Å²) in [5.74, 6) is 0.240. The monoisotopic (exact) mass is 280 g/mol. The lowest BCUT2D eigenvalue weighted by Gasteiger charge is -2.36. The van der Waals surface area contributed by atoms with Gasteiger partial charge in [-0.25, -0.2) is 0 Å². The van der Waals surface area contributed by atoms with Crippen molar-refractivity contribution in [3.05, 3.63) is 71.3 Å². The summed E-state index contributed by atoms with van der Waals surface area (Å²) in [4.78, 5) is 14.2. The highest BCUT2D eigenvalue weighted by Crippen LogP contribution is 2.33. The van der Waals surface area contributed by atoms with Gasteiger partial charge < -0.3 is 10.6 Å². The molecule has 1 heterocycles. The predicted molar refractivity (Wildman–Crippen MR) is 83.8 cm³/mol. The predicted octanol–water partition coefficient (Wildman–Crippen LogP) is 2.51. The molecule has 0 bridgehead atoms. The van der Waals surface area contributed by atoms with Gasteiger partial charge in [-0.15, -0.1) is 0 Å². The van der Waals surface area contributed by atoms with Gasteiger partial charge in [0.15, 0.2) is 0 Å². The summed E-state index contributed by atoms with van der Waals surface area (Å²) >= 11 is 0. The molecule has 2 aromatic rings. The third-order valence-corrected chi connectivity index (χ3v) is 4.10. The summed E-state index contributed by atoms with van der Waals surface area (Å²) in [7, 11) is 0. The van der Waals surface area contributed by atoms with E-state index in [1.54, 1.807) is 6.92 Å². The SMILES string of the molecule is CC(N)C(=O)N1Cc2ccccc2C(c2ccccc2)C1. The van der Waals surface area contributed by atoms with Gasteiger partial charge in [0.2, 0.25) is 5.91 Å².